The summed E-state index contributed by atoms with van der Waals surface area (Å²) in [6.07, 6.45) is 1.48. The van der Waals surface area contributed by atoms with E-state index in [-0.39, 0.29) is 0 Å². The maximum atomic E-state index is 10.8. The molecule has 0 aromatic heterocycles. The van der Waals surface area contributed by atoms with E-state index in [1.54, 1.807) is 0 Å². The van der Waals surface area contributed by atoms with Crippen LogP contribution in [0.2, 0.25) is 0 Å². The van der Waals surface area contributed by atoms with Gasteiger partial charge in [-0.3, -0.25) is 4.79 Å². The molecule has 0 rings (SSSR count). The van der Waals surface area contributed by atoms with Gasteiger partial charge in [0.2, 0.25) is 5.91 Å². The van der Waals surface area contributed by atoms with Crippen LogP contribution in [0.1, 0.15) is 6.92 Å². The van der Waals surface area contributed by atoms with E-state index in [0.29, 0.717) is 6.29 Å². The summed E-state index contributed by atoms with van der Waals surface area (Å²) in [5.74, 6) is -1.23. The van der Waals surface area contributed by atoms with E-state index in [2.05, 4.69) is 5.32 Å². The third kappa shape index (κ3) is 5.84. The Morgan fingerprint density at radius 3 is 2.42 bits per heavy atom. The first-order valence-electron chi connectivity index (χ1n) is 3.27. The third-order valence-electron chi connectivity index (χ3n) is 0.986. The van der Waals surface area contributed by atoms with Gasteiger partial charge in [0.25, 0.3) is 0 Å². The van der Waals surface area contributed by atoms with Gasteiger partial charge < -0.3 is 10.1 Å². The van der Waals surface area contributed by atoms with Crippen molar-refractivity contribution < 1.29 is 18.0 Å². The monoisotopic (exact) mass is 193 g/mol. The summed E-state index contributed by atoms with van der Waals surface area (Å²) < 4.78 is 21.1. The van der Waals surface area contributed by atoms with Crippen molar-refractivity contribution in [1.82, 2.24) is 5.32 Å². The minimum Gasteiger partial charge on any atom is -0.346 e. The molecule has 1 N–H and O–H groups in total. The van der Waals surface area contributed by atoms with E-state index in [9.17, 15) is 18.0 Å². The number of sulfone groups is 1. The number of aldehydes is 1. The molecule has 0 bridgehead atoms. The van der Waals surface area contributed by atoms with Crippen LogP contribution in [-0.4, -0.2) is 38.7 Å². The number of hydrogen-bond acceptors (Lipinski definition) is 4. The van der Waals surface area contributed by atoms with Gasteiger partial charge in [0, 0.05) is 6.26 Å². The van der Waals surface area contributed by atoms with Crippen molar-refractivity contribution in [3.63, 3.8) is 0 Å². The van der Waals surface area contributed by atoms with Crippen LogP contribution >= 0.6 is 0 Å². The summed E-state index contributed by atoms with van der Waals surface area (Å²) in [4.78, 5) is 20.8. The van der Waals surface area contributed by atoms with E-state index < -0.39 is 27.5 Å². The van der Waals surface area contributed by atoms with E-state index >= 15 is 0 Å². The Morgan fingerprint density at radius 2 is 2.08 bits per heavy atom. The molecule has 0 aliphatic rings. The Balaban J connectivity index is 4.00. The highest BCUT2D eigenvalue weighted by molar-refractivity contribution is 7.91. The van der Waals surface area contributed by atoms with Crippen LogP contribution in [0.25, 0.3) is 0 Å². The molecule has 0 fully saturated rings. The van der Waals surface area contributed by atoms with Crippen LogP contribution in [0.3, 0.4) is 0 Å². The minimum atomic E-state index is -3.31. The molecule has 1 amide bonds. The molecule has 0 heterocycles. The van der Waals surface area contributed by atoms with E-state index in [0.717, 1.165) is 6.26 Å². The number of carbonyl (C=O) groups excluding carboxylic acids is 2. The zero-order chi connectivity index (χ0) is 9.78. The van der Waals surface area contributed by atoms with Crippen LogP contribution in [0.5, 0.6) is 0 Å². The normalized spacial score (nSPS) is 13.5. The lowest BCUT2D eigenvalue weighted by molar-refractivity contribution is -0.121. The largest absolute Gasteiger partial charge is 0.346 e. The van der Waals surface area contributed by atoms with Crippen molar-refractivity contribution in [1.29, 1.82) is 0 Å². The second-order valence-corrected chi connectivity index (χ2v) is 4.70. The Labute approximate surface area is 71.1 Å². The molecule has 12 heavy (non-hydrogen) atoms. The van der Waals surface area contributed by atoms with E-state index in [1.165, 1.54) is 6.92 Å². The molecular formula is C6H11NO4S. The molecule has 0 radical (unpaired) electrons. The topological polar surface area (TPSA) is 80.3 Å². The van der Waals surface area contributed by atoms with Crippen molar-refractivity contribution in [2.45, 2.75) is 13.0 Å². The molecule has 0 saturated heterocycles. The van der Waals surface area contributed by atoms with Crippen LogP contribution in [0.15, 0.2) is 0 Å². The Bertz CT molecular complexity index is 269. The maximum absolute atomic E-state index is 10.8. The molecule has 1 atom stereocenters. The molecule has 6 heteroatoms. The number of hydrogen-bond donors (Lipinski definition) is 1. The highest BCUT2D eigenvalue weighted by atomic mass is 32.2. The second-order valence-electron chi connectivity index (χ2n) is 2.56. The number of carbonyl (C=O) groups is 2. The predicted molar refractivity (Wildman–Crippen MR) is 43.4 cm³/mol. The Kier molecular flexibility index (Phi) is 3.88. The molecule has 70 valence electrons. The quantitative estimate of drug-likeness (QED) is 0.565. The van der Waals surface area contributed by atoms with Crippen molar-refractivity contribution in [2.75, 3.05) is 12.0 Å². The molecule has 0 aromatic carbocycles. The van der Waals surface area contributed by atoms with Crippen molar-refractivity contribution in [3.8, 4) is 0 Å². The predicted octanol–water partition coefficient (Wildman–Crippen LogP) is -1.27. The lowest BCUT2D eigenvalue weighted by Crippen LogP contribution is -2.37. The average Bonchev–Trinajstić information content (AvgIpc) is 1.82. The number of amides is 1. The Hall–Kier alpha value is -0.910. The fraction of sp³-hybridized carbons (Fsp3) is 0.667. The zero-order valence-corrected chi connectivity index (χ0v) is 7.72. The van der Waals surface area contributed by atoms with Crippen LogP contribution in [0, 0.1) is 0 Å². The van der Waals surface area contributed by atoms with Gasteiger partial charge in [-0.1, -0.05) is 0 Å². The van der Waals surface area contributed by atoms with E-state index in [1.807, 2.05) is 0 Å². The summed E-state index contributed by atoms with van der Waals surface area (Å²) in [6, 6.07) is -0.640. The van der Waals surface area contributed by atoms with Gasteiger partial charge in [0.05, 0.1) is 6.04 Å². The summed E-state index contributed by atoms with van der Waals surface area (Å²) in [6.45, 7) is 1.47. The lowest BCUT2D eigenvalue weighted by atomic mass is 10.4. The van der Waals surface area contributed by atoms with Gasteiger partial charge in [0.1, 0.15) is 12.0 Å². The summed E-state index contributed by atoms with van der Waals surface area (Å²) >= 11 is 0. The lowest BCUT2D eigenvalue weighted by Gasteiger charge is -2.05. The van der Waals surface area contributed by atoms with Crippen molar-refractivity contribution in [3.05, 3.63) is 0 Å². The van der Waals surface area contributed by atoms with Gasteiger partial charge in [-0.15, -0.1) is 0 Å². The summed E-state index contributed by atoms with van der Waals surface area (Å²) in [5.41, 5.74) is 0. The molecule has 5 nitrogen and oxygen atoms in total. The average molecular weight is 193 g/mol. The van der Waals surface area contributed by atoms with E-state index in [4.69, 9.17) is 0 Å². The first kappa shape index (κ1) is 11.1. The summed E-state index contributed by atoms with van der Waals surface area (Å²) in [7, 11) is -3.31. The fourth-order valence-electron chi connectivity index (χ4n) is 0.568. The molecule has 0 saturated carbocycles. The molecule has 0 aliphatic heterocycles. The first-order chi connectivity index (χ1) is 5.35. The zero-order valence-electron chi connectivity index (χ0n) is 6.90. The molecule has 0 spiro atoms. The molecule has 0 aromatic rings. The van der Waals surface area contributed by atoms with Gasteiger partial charge in [-0.05, 0) is 6.92 Å². The van der Waals surface area contributed by atoms with Gasteiger partial charge in [0.15, 0.2) is 9.84 Å². The number of nitrogens with one attached hydrogen (secondary N) is 1. The minimum absolute atomic E-state index is 0.528. The molecule has 0 aliphatic carbocycles. The van der Waals surface area contributed by atoms with Crippen LogP contribution in [-0.2, 0) is 19.4 Å². The van der Waals surface area contributed by atoms with Crippen molar-refractivity contribution >= 4 is 22.0 Å². The summed E-state index contributed by atoms with van der Waals surface area (Å²) in [5, 5.41) is 2.20. The first-order valence-corrected chi connectivity index (χ1v) is 5.33. The highest BCUT2D eigenvalue weighted by Gasteiger charge is 2.12. The standard InChI is InChI=1S/C6H11NO4S/c1-5(3-8)7-6(9)4-12(2,10)11/h3,5H,4H2,1-2H3,(H,7,9)/t5-/m0/s1. The Morgan fingerprint density at radius 1 is 1.58 bits per heavy atom. The van der Waals surface area contributed by atoms with Crippen molar-refractivity contribution in [2.24, 2.45) is 0 Å². The van der Waals surface area contributed by atoms with Crippen LogP contribution in [0.4, 0.5) is 0 Å². The smallest absolute Gasteiger partial charge is 0.235 e. The molecular weight excluding hydrogens is 182 g/mol. The van der Waals surface area contributed by atoms with Gasteiger partial charge in [-0.25, -0.2) is 8.42 Å². The van der Waals surface area contributed by atoms with Gasteiger partial charge in [-0.2, -0.15) is 0 Å². The SMILES string of the molecule is C[C@@H](C=O)NC(=O)CS(C)(=O)=O. The number of rotatable bonds is 4. The fourth-order valence-corrected chi connectivity index (χ4v) is 1.13. The molecule has 0 unspecified atom stereocenters. The maximum Gasteiger partial charge on any atom is 0.235 e. The third-order valence-corrected chi connectivity index (χ3v) is 1.77. The van der Waals surface area contributed by atoms with Crippen LogP contribution < -0.4 is 5.32 Å². The highest BCUT2D eigenvalue weighted by Crippen LogP contribution is 1.83. The van der Waals surface area contributed by atoms with Gasteiger partial charge >= 0.3 is 0 Å². The second kappa shape index (κ2) is 4.20.